The Bertz CT molecular complexity index is 1010. The number of ether oxygens (including phenoxy) is 3. The van der Waals surface area contributed by atoms with Gasteiger partial charge in [-0.05, 0) is 30.3 Å². The second kappa shape index (κ2) is 6.62. The molecule has 5 rings (SSSR count). The van der Waals surface area contributed by atoms with Crippen LogP contribution in [-0.2, 0) is 9.53 Å². The molecule has 1 aromatic heterocycles. The third kappa shape index (κ3) is 2.91. The predicted octanol–water partition coefficient (Wildman–Crippen LogP) is 3.07. The number of rotatable bonds is 4. The van der Waals surface area contributed by atoms with Gasteiger partial charge in [0.15, 0.2) is 22.5 Å². The third-order valence-corrected chi connectivity index (χ3v) is 5.60. The van der Waals surface area contributed by atoms with Gasteiger partial charge < -0.3 is 14.2 Å². The third-order valence-electron chi connectivity index (χ3n) is 4.41. The number of benzene rings is 2. The van der Waals surface area contributed by atoms with Gasteiger partial charge in [-0.25, -0.2) is 0 Å². The lowest BCUT2D eigenvalue weighted by Gasteiger charge is -2.11. The molecule has 0 spiro atoms. The number of carbonyl (C=O) groups is 1. The summed E-state index contributed by atoms with van der Waals surface area (Å²) in [6.07, 6.45) is 0.671. The number of hydrogen-bond acceptors (Lipinski definition) is 7. The van der Waals surface area contributed by atoms with E-state index >= 15 is 0 Å². The maximum absolute atomic E-state index is 11.9. The summed E-state index contributed by atoms with van der Waals surface area (Å²) < 4.78 is 17.9. The van der Waals surface area contributed by atoms with Crippen LogP contribution >= 0.6 is 11.8 Å². The van der Waals surface area contributed by atoms with E-state index in [4.69, 9.17) is 14.2 Å². The monoisotopic (exact) mass is 381 g/mol. The number of carbonyl (C=O) groups excluding carboxylic acids is 1. The predicted molar refractivity (Wildman–Crippen MR) is 98.1 cm³/mol. The Morgan fingerprint density at radius 2 is 1.85 bits per heavy atom. The summed E-state index contributed by atoms with van der Waals surface area (Å²) in [4.78, 5) is 11.9. The van der Waals surface area contributed by atoms with Crippen molar-refractivity contribution in [3.63, 3.8) is 0 Å². The molecule has 8 heteroatoms. The Morgan fingerprint density at radius 1 is 1.00 bits per heavy atom. The van der Waals surface area contributed by atoms with E-state index in [-0.39, 0.29) is 18.0 Å². The molecular weight excluding hydrogens is 366 g/mol. The second-order valence-electron chi connectivity index (χ2n) is 6.11. The summed E-state index contributed by atoms with van der Waals surface area (Å²) in [7, 11) is 0. The molecule has 0 radical (unpaired) electrons. The molecule has 3 aromatic rings. The van der Waals surface area contributed by atoms with Crippen LogP contribution in [0.15, 0.2) is 53.7 Å². The first kappa shape index (κ1) is 16.2. The van der Waals surface area contributed by atoms with Gasteiger partial charge >= 0.3 is 5.97 Å². The fourth-order valence-electron chi connectivity index (χ4n) is 3.09. The average molecular weight is 381 g/mol. The standard InChI is InChI=1S/C19H15N3O4S/c23-18-16(8-9-24-18)27-19-21-20-17(22(19)13-4-2-1-3-5-13)12-6-7-14-15(10-12)26-11-25-14/h1-7,10,16H,8-9,11H2/t16-/m1/s1. The summed E-state index contributed by atoms with van der Waals surface area (Å²) in [5, 5.41) is 9.14. The Kier molecular flexibility index (Phi) is 3.97. The molecule has 3 heterocycles. The number of nitrogens with zero attached hydrogens (tertiary/aromatic N) is 3. The number of fused-ring (bicyclic) bond motifs is 1. The van der Waals surface area contributed by atoms with Crippen molar-refractivity contribution in [1.82, 2.24) is 14.8 Å². The minimum absolute atomic E-state index is 0.202. The second-order valence-corrected chi connectivity index (χ2v) is 7.28. The number of esters is 1. The van der Waals surface area contributed by atoms with Crippen LogP contribution in [0.3, 0.4) is 0 Å². The molecule has 7 nitrogen and oxygen atoms in total. The Labute approximate surface area is 159 Å². The van der Waals surface area contributed by atoms with Crippen LogP contribution in [0.2, 0.25) is 0 Å². The highest BCUT2D eigenvalue weighted by molar-refractivity contribution is 8.00. The molecule has 2 aliphatic heterocycles. The number of para-hydroxylation sites is 1. The van der Waals surface area contributed by atoms with Crippen molar-refractivity contribution in [2.24, 2.45) is 0 Å². The molecule has 0 unspecified atom stereocenters. The van der Waals surface area contributed by atoms with Gasteiger partial charge in [-0.3, -0.25) is 9.36 Å². The smallest absolute Gasteiger partial charge is 0.319 e. The molecule has 0 saturated carbocycles. The lowest BCUT2D eigenvalue weighted by molar-refractivity contribution is -0.137. The van der Waals surface area contributed by atoms with Crippen molar-refractivity contribution in [3.05, 3.63) is 48.5 Å². The minimum atomic E-state index is -0.263. The van der Waals surface area contributed by atoms with Crippen molar-refractivity contribution in [3.8, 4) is 28.6 Å². The van der Waals surface area contributed by atoms with E-state index in [9.17, 15) is 4.79 Å². The van der Waals surface area contributed by atoms with Crippen LogP contribution in [0.4, 0.5) is 0 Å². The molecule has 2 aliphatic rings. The normalized spacial score (nSPS) is 17.9. The minimum Gasteiger partial charge on any atom is -0.465 e. The highest BCUT2D eigenvalue weighted by Gasteiger charge is 2.30. The van der Waals surface area contributed by atoms with Gasteiger partial charge in [0.1, 0.15) is 5.25 Å². The Morgan fingerprint density at radius 3 is 2.67 bits per heavy atom. The van der Waals surface area contributed by atoms with Crippen molar-refractivity contribution in [1.29, 1.82) is 0 Å². The SMILES string of the molecule is O=C1OCC[C@H]1Sc1nnc(-c2ccc3c(c2)OCO3)n1-c1ccccc1. The van der Waals surface area contributed by atoms with Crippen molar-refractivity contribution < 1.29 is 19.0 Å². The topological polar surface area (TPSA) is 75.5 Å². The zero-order valence-corrected chi connectivity index (χ0v) is 15.0. The largest absolute Gasteiger partial charge is 0.465 e. The van der Waals surface area contributed by atoms with E-state index in [0.29, 0.717) is 35.5 Å². The molecule has 27 heavy (non-hydrogen) atoms. The number of cyclic esters (lactones) is 1. The number of aromatic nitrogens is 3. The summed E-state index contributed by atoms with van der Waals surface area (Å²) in [5.74, 6) is 1.87. The first-order valence-electron chi connectivity index (χ1n) is 8.54. The quantitative estimate of drug-likeness (QED) is 0.643. The molecule has 2 aromatic carbocycles. The Hall–Kier alpha value is -3.00. The molecule has 136 valence electrons. The van der Waals surface area contributed by atoms with Gasteiger partial charge in [-0.1, -0.05) is 30.0 Å². The van der Waals surface area contributed by atoms with Gasteiger partial charge in [0.2, 0.25) is 6.79 Å². The lowest BCUT2D eigenvalue weighted by Crippen LogP contribution is -2.11. The van der Waals surface area contributed by atoms with Crippen LogP contribution in [-0.4, -0.2) is 39.4 Å². The van der Waals surface area contributed by atoms with Crippen molar-refractivity contribution in [2.45, 2.75) is 16.8 Å². The van der Waals surface area contributed by atoms with Crippen molar-refractivity contribution in [2.75, 3.05) is 13.4 Å². The molecular formula is C19H15N3O4S. The summed E-state index contributed by atoms with van der Waals surface area (Å²) in [5.41, 5.74) is 1.78. The van der Waals surface area contributed by atoms with Crippen LogP contribution in [0.1, 0.15) is 6.42 Å². The molecule has 1 fully saturated rings. The zero-order chi connectivity index (χ0) is 18.2. The molecule has 1 atom stereocenters. The molecule has 1 saturated heterocycles. The van der Waals surface area contributed by atoms with E-state index in [1.807, 2.05) is 53.1 Å². The lowest BCUT2D eigenvalue weighted by atomic mass is 10.2. The number of hydrogen-bond donors (Lipinski definition) is 0. The fourth-order valence-corrected chi connectivity index (χ4v) is 4.11. The first-order chi connectivity index (χ1) is 13.3. The summed E-state index contributed by atoms with van der Waals surface area (Å²) in [6.45, 7) is 0.667. The van der Waals surface area contributed by atoms with E-state index in [1.165, 1.54) is 11.8 Å². The van der Waals surface area contributed by atoms with Gasteiger partial charge in [0, 0.05) is 17.7 Å². The van der Waals surface area contributed by atoms with Crippen molar-refractivity contribution >= 4 is 17.7 Å². The van der Waals surface area contributed by atoms with E-state index in [0.717, 1.165) is 11.3 Å². The van der Waals surface area contributed by atoms with Gasteiger partial charge in [0.05, 0.1) is 6.61 Å². The van der Waals surface area contributed by atoms with E-state index in [1.54, 1.807) is 0 Å². The Balaban J connectivity index is 1.60. The van der Waals surface area contributed by atoms with E-state index < -0.39 is 0 Å². The highest BCUT2D eigenvalue weighted by atomic mass is 32.2. The van der Waals surface area contributed by atoms with Crippen LogP contribution in [0.5, 0.6) is 11.5 Å². The maximum atomic E-state index is 11.9. The average Bonchev–Trinajstić information content (AvgIpc) is 3.42. The van der Waals surface area contributed by atoms with Crippen LogP contribution in [0, 0.1) is 0 Å². The zero-order valence-electron chi connectivity index (χ0n) is 14.2. The van der Waals surface area contributed by atoms with Gasteiger partial charge in [-0.15, -0.1) is 10.2 Å². The summed E-state index contributed by atoms with van der Waals surface area (Å²) in [6, 6.07) is 15.5. The van der Waals surface area contributed by atoms with Gasteiger partial charge in [0.25, 0.3) is 0 Å². The van der Waals surface area contributed by atoms with E-state index in [2.05, 4.69) is 10.2 Å². The number of thioether (sulfide) groups is 1. The fraction of sp³-hybridized carbons (Fsp3) is 0.211. The van der Waals surface area contributed by atoms with Gasteiger partial charge in [-0.2, -0.15) is 0 Å². The molecule has 0 N–H and O–H groups in total. The maximum Gasteiger partial charge on any atom is 0.319 e. The highest BCUT2D eigenvalue weighted by Crippen LogP contribution is 2.38. The summed E-state index contributed by atoms with van der Waals surface area (Å²) >= 11 is 1.38. The molecule has 0 aliphatic carbocycles. The molecule has 0 amide bonds. The van der Waals surface area contributed by atoms with Crippen LogP contribution in [0.25, 0.3) is 17.1 Å². The first-order valence-corrected chi connectivity index (χ1v) is 9.42. The van der Waals surface area contributed by atoms with Crippen LogP contribution < -0.4 is 9.47 Å². The molecule has 0 bridgehead atoms.